The fraction of sp³-hybridized carbons (Fsp3) is 0.350. The molecule has 0 N–H and O–H groups in total. The molecule has 0 aliphatic carbocycles. The Kier molecular flexibility index (Phi) is 4.38. The number of halogens is 2. The zero-order chi connectivity index (χ0) is 17.6. The first-order chi connectivity index (χ1) is 12.1. The minimum absolute atomic E-state index is 0.0934. The molecule has 2 aliphatic rings. The number of fused-ring (bicyclic) bond motifs is 3. The van der Waals surface area contributed by atoms with E-state index in [1.807, 2.05) is 6.07 Å². The molecule has 0 amide bonds. The number of hydrazone groups is 1. The topological polar surface area (TPSA) is 24.8 Å². The molecular weight excluding hydrogens is 355 g/mol. The molecule has 2 atom stereocenters. The van der Waals surface area contributed by atoms with E-state index < -0.39 is 0 Å². The van der Waals surface area contributed by atoms with Crippen molar-refractivity contribution < 1.29 is 4.74 Å². The van der Waals surface area contributed by atoms with Gasteiger partial charge in [-0.15, -0.1) is 0 Å². The van der Waals surface area contributed by atoms with E-state index in [0.717, 1.165) is 41.9 Å². The SMILES string of the molecule is CCC[C@H]1Oc2c(Cl)cc(Cl)cc2[C@H]2CC(c3ccc(C)cc3)=NN21. The molecule has 0 fully saturated rings. The summed E-state index contributed by atoms with van der Waals surface area (Å²) >= 11 is 12.7. The number of hydrogen-bond donors (Lipinski definition) is 0. The normalized spacial score (nSPS) is 21.4. The lowest BCUT2D eigenvalue weighted by Gasteiger charge is -2.38. The van der Waals surface area contributed by atoms with Crippen molar-refractivity contribution in [2.24, 2.45) is 5.10 Å². The summed E-state index contributed by atoms with van der Waals surface area (Å²) in [5.74, 6) is 0.756. The van der Waals surface area contributed by atoms with Crippen LogP contribution >= 0.6 is 23.2 Å². The highest BCUT2D eigenvalue weighted by atomic mass is 35.5. The van der Waals surface area contributed by atoms with Crippen LogP contribution in [-0.2, 0) is 0 Å². The minimum Gasteiger partial charge on any atom is -0.467 e. The third-order valence-electron chi connectivity index (χ3n) is 4.81. The van der Waals surface area contributed by atoms with Gasteiger partial charge in [-0.1, -0.05) is 66.4 Å². The summed E-state index contributed by atoms with van der Waals surface area (Å²) in [6.45, 7) is 4.24. The van der Waals surface area contributed by atoms with Crippen molar-refractivity contribution in [2.75, 3.05) is 0 Å². The van der Waals surface area contributed by atoms with Gasteiger partial charge in [0.15, 0.2) is 6.23 Å². The maximum Gasteiger partial charge on any atom is 0.187 e. The van der Waals surface area contributed by atoms with Crippen molar-refractivity contribution in [1.29, 1.82) is 0 Å². The molecule has 0 aromatic heterocycles. The molecule has 0 unspecified atom stereocenters. The number of aryl methyl sites for hydroxylation is 1. The molecule has 25 heavy (non-hydrogen) atoms. The van der Waals surface area contributed by atoms with Crippen molar-refractivity contribution in [3.8, 4) is 5.75 Å². The number of nitrogens with zero attached hydrogens (tertiary/aromatic N) is 2. The van der Waals surface area contributed by atoms with Gasteiger partial charge in [-0.25, -0.2) is 0 Å². The highest BCUT2D eigenvalue weighted by Crippen LogP contribution is 2.47. The monoisotopic (exact) mass is 374 g/mol. The van der Waals surface area contributed by atoms with Gasteiger partial charge in [0.1, 0.15) is 5.75 Å². The lowest BCUT2D eigenvalue weighted by atomic mass is 9.96. The molecule has 2 aromatic rings. The third-order valence-corrected chi connectivity index (χ3v) is 5.31. The maximum absolute atomic E-state index is 6.41. The number of ether oxygens (including phenoxy) is 1. The molecule has 5 heteroatoms. The standard InChI is InChI=1S/C20H20Cl2N2O/c1-3-4-19-24-18(15-9-14(21)10-16(22)20(15)25-19)11-17(23-24)13-7-5-12(2)6-8-13/h5-10,18-19H,3-4,11H2,1-2H3/t18-,19-/m1/s1. The van der Waals surface area contributed by atoms with E-state index in [1.54, 1.807) is 6.07 Å². The fourth-order valence-corrected chi connectivity index (χ4v) is 4.10. The van der Waals surface area contributed by atoms with Gasteiger partial charge in [-0.05, 0) is 24.6 Å². The number of benzene rings is 2. The van der Waals surface area contributed by atoms with Crippen molar-refractivity contribution in [3.63, 3.8) is 0 Å². The van der Waals surface area contributed by atoms with E-state index >= 15 is 0 Å². The molecule has 2 heterocycles. The Labute approximate surface area is 158 Å². The lowest BCUT2D eigenvalue weighted by molar-refractivity contribution is -0.0222. The Morgan fingerprint density at radius 3 is 2.68 bits per heavy atom. The quantitative estimate of drug-likeness (QED) is 0.660. The molecule has 0 saturated heterocycles. The molecule has 0 saturated carbocycles. The smallest absolute Gasteiger partial charge is 0.187 e. The van der Waals surface area contributed by atoms with Gasteiger partial charge >= 0.3 is 0 Å². The zero-order valence-corrected chi connectivity index (χ0v) is 15.8. The predicted octanol–water partition coefficient (Wildman–Crippen LogP) is 5.97. The van der Waals surface area contributed by atoms with Gasteiger partial charge in [0.05, 0.1) is 16.8 Å². The van der Waals surface area contributed by atoms with E-state index in [-0.39, 0.29) is 12.3 Å². The molecule has 2 aromatic carbocycles. The molecule has 0 radical (unpaired) electrons. The van der Waals surface area contributed by atoms with Gasteiger partial charge < -0.3 is 4.74 Å². The van der Waals surface area contributed by atoms with Gasteiger partial charge in [-0.3, -0.25) is 5.01 Å². The van der Waals surface area contributed by atoms with Gasteiger partial charge in [0.25, 0.3) is 0 Å². The molecule has 3 nitrogen and oxygen atoms in total. The average Bonchev–Trinajstić information content (AvgIpc) is 3.02. The lowest BCUT2D eigenvalue weighted by Crippen LogP contribution is -2.40. The highest BCUT2D eigenvalue weighted by molar-refractivity contribution is 6.35. The summed E-state index contributed by atoms with van der Waals surface area (Å²) in [4.78, 5) is 0. The van der Waals surface area contributed by atoms with Crippen LogP contribution in [0.2, 0.25) is 10.0 Å². The average molecular weight is 375 g/mol. The Bertz CT molecular complexity index is 832. The first kappa shape index (κ1) is 16.7. The summed E-state index contributed by atoms with van der Waals surface area (Å²) < 4.78 is 6.20. The summed E-state index contributed by atoms with van der Waals surface area (Å²) in [6.07, 6.45) is 2.66. The van der Waals surface area contributed by atoms with Crippen molar-refractivity contribution >= 4 is 28.9 Å². The fourth-order valence-electron chi connectivity index (χ4n) is 3.55. The Hall–Kier alpha value is -1.71. The van der Waals surface area contributed by atoms with Crippen molar-refractivity contribution in [3.05, 3.63) is 63.1 Å². The van der Waals surface area contributed by atoms with Gasteiger partial charge in [0.2, 0.25) is 0 Å². The summed E-state index contributed by atoms with van der Waals surface area (Å²) in [6, 6.07) is 12.3. The predicted molar refractivity (Wildman–Crippen MR) is 103 cm³/mol. The van der Waals surface area contributed by atoms with Crippen LogP contribution in [0.5, 0.6) is 5.75 Å². The van der Waals surface area contributed by atoms with Crippen molar-refractivity contribution in [1.82, 2.24) is 5.01 Å². The first-order valence-corrected chi connectivity index (χ1v) is 9.41. The molecular formula is C20H20Cl2N2O. The largest absolute Gasteiger partial charge is 0.467 e. The van der Waals surface area contributed by atoms with Crippen LogP contribution in [0, 0.1) is 6.92 Å². The number of rotatable bonds is 3. The summed E-state index contributed by atoms with van der Waals surface area (Å²) in [5, 5.41) is 8.20. The van der Waals surface area contributed by atoms with Crippen LogP contribution < -0.4 is 4.74 Å². The minimum atomic E-state index is -0.0934. The second-order valence-electron chi connectivity index (χ2n) is 6.68. The Morgan fingerprint density at radius 2 is 1.96 bits per heavy atom. The summed E-state index contributed by atoms with van der Waals surface area (Å²) in [7, 11) is 0. The van der Waals surface area contributed by atoms with Gasteiger partial charge in [0, 0.05) is 23.4 Å². The summed E-state index contributed by atoms with van der Waals surface area (Å²) in [5.41, 5.74) is 4.51. The van der Waals surface area contributed by atoms with Crippen LogP contribution in [0.15, 0.2) is 41.5 Å². The van der Waals surface area contributed by atoms with E-state index in [0.29, 0.717) is 10.0 Å². The van der Waals surface area contributed by atoms with Crippen molar-refractivity contribution in [2.45, 2.75) is 45.4 Å². The van der Waals surface area contributed by atoms with Crippen LogP contribution in [0.3, 0.4) is 0 Å². The molecule has 130 valence electrons. The highest BCUT2D eigenvalue weighted by Gasteiger charge is 2.40. The van der Waals surface area contributed by atoms with E-state index in [1.165, 1.54) is 5.56 Å². The Balaban J connectivity index is 1.75. The number of hydrogen-bond acceptors (Lipinski definition) is 3. The van der Waals surface area contributed by atoms with E-state index in [9.17, 15) is 0 Å². The van der Waals surface area contributed by atoms with Crippen LogP contribution in [-0.4, -0.2) is 16.9 Å². The molecule has 4 rings (SSSR count). The van der Waals surface area contributed by atoms with Crippen LogP contribution in [0.4, 0.5) is 0 Å². The second-order valence-corrected chi connectivity index (χ2v) is 7.52. The second kappa shape index (κ2) is 6.54. The third kappa shape index (κ3) is 3.00. The van der Waals surface area contributed by atoms with E-state index in [2.05, 4.69) is 43.1 Å². The Morgan fingerprint density at radius 1 is 1.20 bits per heavy atom. The van der Waals surface area contributed by atoms with Crippen LogP contribution in [0.1, 0.15) is 48.9 Å². The van der Waals surface area contributed by atoms with E-state index in [4.69, 9.17) is 33.0 Å². The maximum atomic E-state index is 6.41. The first-order valence-electron chi connectivity index (χ1n) is 8.65. The van der Waals surface area contributed by atoms with Crippen LogP contribution in [0.25, 0.3) is 0 Å². The molecule has 2 aliphatic heterocycles. The molecule has 0 bridgehead atoms. The molecule has 0 spiro atoms. The van der Waals surface area contributed by atoms with Gasteiger partial charge in [-0.2, -0.15) is 5.10 Å². The zero-order valence-electron chi connectivity index (χ0n) is 14.3.